The number of likely N-dealkylation sites (tertiary alicyclic amines) is 1. The summed E-state index contributed by atoms with van der Waals surface area (Å²) in [5, 5.41) is 0. The monoisotopic (exact) mass is 227 g/mol. The second-order valence-electron chi connectivity index (χ2n) is 4.23. The van der Waals surface area contributed by atoms with Crippen LogP contribution in [0.3, 0.4) is 0 Å². The van der Waals surface area contributed by atoms with E-state index in [0.29, 0.717) is 6.54 Å². The smallest absolute Gasteiger partial charge is 0.318 e. The van der Waals surface area contributed by atoms with Crippen molar-refractivity contribution in [2.24, 2.45) is 11.8 Å². The van der Waals surface area contributed by atoms with E-state index >= 15 is 0 Å². The highest BCUT2D eigenvalue weighted by Crippen LogP contribution is 2.16. The van der Waals surface area contributed by atoms with E-state index in [2.05, 4.69) is 4.74 Å². The molecule has 1 aliphatic rings. The first kappa shape index (κ1) is 12.7. The number of ketones is 1. The van der Waals surface area contributed by atoms with Gasteiger partial charge in [0.2, 0.25) is 5.91 Å². The van der Waals surface area contributed by atoms with Crippen LogP contribution in [-0.2, 0) is 19.1 Å². The average Bonchev–Trinajstić information content (AvgIpc) is 2.27. The van der Waals surface area contributed by atoms with Gasteiger partial charge < -0.3 is 9.64 Å². The number of hydrogen-bond acceptors (Lipinski definition) is 4. The van der Waals surface area contributed by atoms with Gasteiger partial charge in [-0.15, -0.1) is 0 Å². The molecule has 1 fully saturated rings. The Labute approximate surface area is 94.7 Å². The third kappa shape index (κ3) is 2.59. The molecule has 0 bridgehead atoms. The number of hydrogen-bond donors (Lipinski definition) is 0. The number of nitrogens with zero attached hydrogens (tertiary/aromatic N) is 1. The molecule has 0 aromatic carbocycles. The fourth-order valence-electron chi connectivity index (χ4n) is 1.75. The number of esters is 1. The van der Waals surface area contributed by atoms with Gasteiger partial charge in [-0.3, -0.25) is 14.4 Å². The van der Waals surface area contributed by atoms with Gasteiger partial charge in [0.25, 0.3) is 0 Å². The zero-order valence-electron chi connectivity index (χ0n) is 9.86. The largest absolute Gasteiger partial charge is 0.468 e. The van der Waals surface area contributed by atoms with Gasteiger partial charge in [0, 0.05) is 25.4 Å². The van der Waals surface area contributed by atoms with Crippen molar-refractivity contribution in [1.29, 1.82) is 0 Å². The lowest BCUT2D eigenvalue weighted by molar-refractivity contribution is -0.153. The van der Waals surface area contributed by atoms with Crippen LogP contribution in [0.5, 0.6) is 0 Å². The Morgan fingerprint density at radius 2 is 2.06 bits per heavy atom. The minimum absolute atomic E-state index is 0.0265. The van der Waals surface area contributed by atoms with Gasteiger partial charge >= 0.3 is 5.97 Å². The first-order valence-corrected chi connectivity index (χ1v) is 5.36. The lowest BCUT2D eigenvalue weighted by atomic mass is 9.95. The highest BCUT2D eigenvalue weighted by Gasteiger charge is 2.35. The Bertz CT molecular complexity index is 303. The SMILES string of the molecule is COC(=O)C1CN(C(=O)C(C)C)CCC1=O. The second-order valence-corrected chi connectivity index (χ2v) is 4.23. The Hall–Kier alpha value is -1.39. The topological polar surface area (TPSA) is 63.7 Å². The lowest BCUT2D eigenvalue weighted by Crippen LogP contribution is -2.48. The van der Waals surface area contributed by atoms with Crippen molar-refractivity contribution < 1.29 is 19.1 Å². The molecule has 0 spiro atoms. The molecule has 1 saturated heterocycles. The number of amides is 1. The number of carbonyl (C=O) groups is 3. The number of piperidine rings is 1. The first-order valence-electron chi connectivity index (χ1n) is 5.36. The maximum absolute atomic E-state index is 11.7. The highest BCUT2D eigenvalue weighted by molar-refractivity contribution is 6.00. The van der Waals surface area contributed by atoms with Crippen molar-refractivity contribution >= 4 is 17.7 Å². The Kier molecular flexibility index (Phi) is 4.04. The van der Waals surface area contributed by atoms with E-state index < -0.39 is 11.9 Å². The Morgan fingerprint density at radius 3 is 2.56 bits per heavy atom. The maximum Gasteiger partial charge on any atom is 0.318 e. The third-order valence-corrected chi connectivity index (χ3v) is 2.71. The standard InChI is InChI=1S/C11H17NO4/c1-7(2)10(14)12-5-4-9(13)8(6-12)11(15)16-3/h7-8H,4-6H2,1-3H3. The molecule has 1 aliphatic heterocycles. The molecular formula is C11H17NO4. The van der Waals surface area contributed by atoms with Crippen molar-refractivity contribution in [2.75, 3.05) is 20.2 Å². The molecule has 1 heterocycles. The van der Waals surface area contributed by atoms with Crippen molar-refractivity contribution in [2.45, 2.75) is 20.3 Å². The molecule has 90 valence electrons. The molecule has 1 rings (SSSR count). The summed E-state index contributed by atoms with van der Waals surface area (Å²) in [6.45, 7) is 4.16. The molecule has 0 aliphatic carbocycles. The van der Waals surface area contributed by atoms with Gasteiger partial charge in [-0.25, -0.2) is 0 Å². The molecule has 5 heteroatoms. The van der Waals surface area contributed by atoms with Crippen LogP contribution in [0.25, 0.3) is 0 Å². The quantitative estimate of drug-likeness (QED) is 0.500. The molecule has 1 unspecified atom stereocenters. The minimum Gasteiger partial charge on any atom is -0.468 e. The van der Waals surface area contributed by atoms with E-state index in [1.165, 1.54) is 7.11 Å². The number of methoxy groups -OCH3 is 1. The summed E-state index contributed by atoms with van der Waals surface area (Å²) in [5.74, 6) is -1.64. The van der Waals surface area contributed by atoms with Gasteiger partial charge in [-0.2, -0.15) is 0 Å². The van der Waals surface area contributed by atoms with Gasteiger partial charge in [0.15, 0.2) is 5.78 Å². The molecular weight excluding hydrogens is 210 g/mol. The van der Waals surface area contributed by atoms with E-state index in [-0.39, 0.29) is 30.6 Å². The number of Topliss-reactive ketones (excluding diaryl/α,β-unsaturated/α-hetero) is 1. The zero-order chi connectivity index (χ0) is 12.3. The molecule has 0 radical (unpaired) electrons. The van der Waals surface area contributed by atoms with Crippen LogP contribution in [0.4, 0.5) is 0 Å². The normalized spacial score (nSPS) is 21.1. The van der Waals surface area contributed by atoms with Crippen molar-refractivity contribution in [3.8, 4) is 0 Å². The van der Waals surface area contributed by atoms with Crippen LogP contribution >= 0.6 is 0 Å². The molecule has 0 saturated carbocycles. The zero-order valence-corrected chi connectivity index (χ0v) is 9.86. The Morgan fingerprint density at radius 1 is 1.44 bits per heavy atom. The molecule has 1 amide bonds. The van der Waals surface area contributed by atoms with Gasteiger partial charge in [0.1, 0.15) is 5.92 Å². The molecule has 0 N–H and O–H groups in total. The van der Waals surface area contributed by atoms with Crippen LogP contribution < -0.4 is 0 Å². The van der Waals surface area contributed by atoms with E-state index in [0.717, 1.165) is 0 Å². The molecule has 16 heavy (non-hydrogen) atoms. The summed E-state index contributed by atoms with van der Waals surface area (Å²) >= 11 is 0. The van der Waals surface area contributed by atoms with Crippen LogP contribution in [0.15, 0.2) is 0 Å². The predicted octanol–water partition coefficient (Wildman–Crippen LogP) is 0.233. The van der Waals surface area contributed by atoms with Crippen LogP contribution in [0.2, 0.25) is 0 Å². The molecule has 1 atom stereocenters. The summed E-state index contributed by atoms with van der Waals surface area (Å²) < 4.78 is 4.55. The van der Waals surface area contributed by atoms with Crippen molar-refractivity contribution in [1.82, 2.24) is 4.90 Å². The summed E-state index contributed by atoms with van der Waals surface area (Å²) in [7, 11) is 1.25. The summed E-state index contributed by atoms with van der Waals surface area (Å²) in [6.07, 6.45) is 0.234. The van der Waals surface area contributed by atoms with Crippen LogP contribution in [0, 0.1) is 11.8 Å². The summed E-state index contributed by atoms with van der Waals surface area (Å²) in [5.41, 5.74) is 0. The van der Waals surface area contributed by atoms with Crippen molar-refractivity contribution in [3.05, 3.63) is 0 Å². The number of carbonyl (C=O) groups excluding carboxylic acids is 3. The van der Waals surface area contributed by atoms with E-state index in [1.54, 1.807) is 18.7 Å². The first-order chi connectivity index (χ1) is 7.47. The maximum atomic E-state index is 11.7. The van der Waals surface area contributed by atoms with E-state index in [1.807, 2.05) is 0 Å². The van der Waals surface area contributed by atoms with E-state index in [9.17, 15) is 14.4 Å². The lowest BCUT2D eigenvalue weighted by Gasteiger charge is -2.31. The highest BCUT2D eigenvalue weighted by atomic mass is 16.5. The molecule has 0 aromatic rings. The Balaban J connectivity index is 2.71. The third-order valence-electron chi connectivity index (χ3n) is 2.71. The van der Waals surface area contributed by atoms with Crippen molar-refractivity contribution in [3.63, 3.8) is 0 Å². The second kappa shape index (κ2) is 5.09. The molecule has 5 nitrogen and oxygen atoms in total. The summed E-state index contributed by atoms with van der Waals surface area (Å²) in [4.78, 5) is 36.1. The fourth-order valence-corrected chi connectivity index (χ4v) is 1.75. The number of ether oxygens (including phenoxy) is 1. The number of rotatable bonds is 2. The predicted molar refractivity (Wildman–Crippen MR) is 56.5 cm³/mol. The minimum atomic E-state index is -0.804. The molecule has 0 aromatic heterocycles. The average molecular weight is 227 g/mol. The van der Waals surface area contributed by atoms with Gasteiger partial charge in [0.05, 0.1) is 7.11 Å². The van der Waals surface area contributed by atoms with Crippen LogP contribution in [0.1, 0.15) is 20.3 Å². The van der Waals surface area contributed by atoms with Gasteiger partial charge in [-0.05, 0) is 0 Å². The van der Waals surface area contributed by atoms with Gasteiger partial charge in [-0.1, -0.05) is 13.8 Å². The fraction of sp³-hybridized carbons (Fsp3) is 0.727. The van der Waals surface area contributed by atoms with E-state index in [4.69, 9.17) is 0 Å². The summed E-state index contributed by atoms with van der Waals surface area (Å²) in [6, 6.07) is 0. The van der Waals surface area contributed by atoms with Crippen LogP contribution in [-0.4, -0.2) is 42.8 Å².